The van der Waals surface area contributed by atoms with Gasteiger partial charge < -0.3 is 19.5 Å². The van der Waals surface area contributed by atoms with E-state index in [9.17, 15) is 13.2 Å². The number of carbonyl (C=O) groups is 1. The highest BCUT2D eigenvalue weighted by Gasteiger charge is 2.40. The SMILES string of the molecule is COc1ccc(S(=O)(=O)N(CC(=O)N[C@H]2C[C@H]3CC[C@H]2C3)c2cc(Cl)ccc2OC)cc1OC. The molecule has 0 spiro atoms. The molecule has 3 atom stereocenters. The van der Waals surface area contributed by atoms with Gasteiger partial charge in [-0.2, -0.15) is 0 Å². The van der Waals surface area contributed by atoms with Gasteiger partial charge in [-0.15, -0.1) is 0 Å². The van der Waals surface area contributed by atoms with Crippen LogP contribution in [0.25, 0.3) is 0 Å². The molecule has 2 aromatic carbocycles. The number of carbonyl (C=O) groups excluding carboxylic acids is 1. The number of rotatable bonds is 9. The summed E-state index contributed by atoms with van der Waals surface area (Å²) in [5, 5.41) is 3.38. The number of ether oxygens (including phenoxy) is 3. The molecule has 1 N–H and O–H groups in total. The number of nitrogens with zero attached hydrogens (tertiary/aromatic N) is 1. The minimum absolute atomic E-state index is 0.0556. The minimum Gasteiger partial charge on any atom is -0.495 e. The molecule has 8 nitrogen and oxygen atoms in total. The smallest absolute Gasteiger partial charge is 0.265 e. The van der Waals surface area contributed by atoms with Crippen molar-refractivity contribution in [3.63, 3.8) is 0 Å². The highest BCUT2D eigenvalue weighted by Crippen LogP contribution is 2.44. The van der Waals surface area contributed by atoms with Crippen LogP contribution >= 0.6 is 11.6 Å². The fraction of sp³-hybridized carbons (Fsp3) is 0.458. The second-order valence-electron chi connectivity index (χ2n) is 8.69. The van der Waals surface area contributed by atoms with Crippen molar-refractivity contribution in [1.29, 1.82) is 0 Å². The number of anilines is 1. The lowest BCUT2D eigenvalue weighted by Gasteiger charge is -2.28. The van der Waals surface area contributed by atoms with Gasteiger partial charge >= 0.3 is 0 Å². The zero-order valence-corrected chi connectivity index (χ0v) is 21.0. The Hall–Kier alpha value is -2.65. The first-order chi connectivity index (χ1) is 16.3. The van der Waals surface area contributed by atoms with Crippen LogP contribution in [-0.4, -0.2) is 48.2 Å². The fourth-order valence-corrected chi connectivity index (χ4v) is 6.67. The van der Waals surface area contributed by atoms with Gasteiger partial charge in [0.2, 0.25) is 5.91 Å². The van der Waals surface area contributed by atoms with Gasteiger partial charge in [0.05, 0.1) is 31.9 Å². The Morgan fingerprint density at radius 2 is 1.71 bits per heavy atom. The van der Waals surface area contributed by atoms with Crippen molar-refractivity contribution >= 4 is 33.2 Å². The summed E-state index contributed by atoms with van der Waals surface area (Å²) in [5.74, 6) is 1.67. The Balaban J connectivity index is 1.70. The van der Waals surface area contributed by atoms with Crippen molar-refractivity contribution in [1.82, 2.24) is 5.32 Å². The Bertz CT molecular complexity index is 1170. The van der Waals surface area contributed by atoms with Gasteiger partial charge in [0, 0.05) is 17.1 Å². The van der Waals surface area contributed by atoms with Crippen LogP contribution in [0.3, 0.4) is 0 Å². The first-order valence-electron chi connectivity index (χ1n) is 11.1. The molecule has 0 heterocycles. The molecule has 0 aromatic heterocycles. The molecule has 184 valence electrons. The highest BCUT2D eigenvalue weighted by atomic mass is 35.5. The summed E-state index contributed by atoms with van der Waals surface area (Å²) in [5.41, 5.74) is 0.174. The molecule has 0 aliphatic heterocycles. The summed E-state index contributed by atoms with van der Waals surface area (Å²) in [4.78, 5) is 13.1. The molecule has 2 aromatic rings. The fourth-order valence-electron chi connectivity index (χ4n) is 5.07. The number of methoxy groups -OCH3 is 3. The summed E-state index contributed by atoms with van der Waals surface area (Å²) in [6.45, 7) is -0.415. The van der Waals surface area contributed by atoms with E-state index in [4.69, 9.17) is 25.8 Å². The van der Waals surface area contributed by atoms with Crippen LogP contribution in [-0.2, 0) is 14.8 Å². The third kappa shape index (κ3) is 4.77. The third-order valence-corrected chi connectivity index (χ3v) is 8.72. The summed E-state index contributed by atoms with van der Waals surface area (Å²) in [7, 11) is 0.125. The van der Waals surface area contributed by atoms with E-state index in [1.54, 1.807) is 12.1 Å². The maximum atomic E-state index is 13.8. The molecule has 2 aliphatic carbocycles. The predicted octanol–water partition coefficient (Wildman–Crippen LogP) is 3.87. The quantitative estimate of drug-likeness (QED) is 0.552. The molecule has 2 bridgehead atoms. The Labute approximate surface area is 205 Å². The van der Waals surface area contributed by atoms with Gasteiger partial charge in [-0.25, -0.2) is 8.42 Å². The lowest BCUT2D eigenvalue weighted by atomic mass is 9.95. The monoisotopic (exact) mass is 508 g/mol. The van der Waals surface area contributed by atoms with Gasteiger partial charge in [0.25, 0.3) is 10.0 Å². The van der Waals surface area contributed by atoms with E-state index < -0.39 is 16.6 Å². The van der Waals surface area contributed by atoms with Crippen LogP contribution in [0.5, 0.6) is 17.2 Å². The molecule has 1 amide bonds. The summed E-state index contributed by atoms with van der Waals surface area (Å²) in [6.07, 6.45) is 4.38. The summed E-state index contributed by atoms with van der Waals surface area (Å²) >= 11 is 6.20. The van der Waals surface area contributed by atoms with E-state index in [2.05, 4.69) is 5.32 Å². The van der Waals surface area contributed by atoms with Gasteiger partial charge in [0.1, 0.15) is 12.3 Å². The topological polar surface area (TPSA) is 94.2 Å². The van der Waals surface area contributed by atoms with Gasteiger partial charge in [-0.3, -0.25) is 9.10 Å². The highest BCUT2D eigenvalue weighted by molar-refractivity contribution is 7.92. The third-order valence-electron chi connectivity index (χ3n) is 6.72. The minimum atomic E-state index is -4.20. The van der Waals surface area contributed by atoms with Gasteiger partial charge in [-0.1, -0.05) is 18.0 Å². The number of hydrogen-bond acceptors (Lipinski definition) is 6. The predicted molar refractivity (Wildman–Crippen MR) is 129 cm³/mol. The molecule has 0 unspecified atom stereocenters. The van der Waals surface area contributed by atoms with Crippen LogP contribution in [0.2, 0.25) is 5.02 Å². The normalized spacial score (nSPS) is 21.2. The molecule has 0 saturated heterocycles. The molecule has 0 radical (unpaired) electrons. The molecule has 4 rings (SSSR count). The number of nitrogens with one attached hydrogen (secondary N) is 1. The van der Waals surface area contributed by atoms with Crippen LogP contribution in [0, 0.1) is 11.8 Å². The first-order valence-corrected chi connectivity index (χ1v) is 13.0. The summed E-state index contributed by atoms with van der Waals surface area (Å²) < 4.78 is 44.6. The van der Waals surface area contributed by atoms with E-state index in [1.807, 2.05) is 0 Å². The Morgan fingerprint density at radius 3 is 2.32 bits per heavy atom. The van der Waals surface area contributed by atoms with Crippen molar-refractivity contribution in [3.8, 4) is 17.2 Å². The van der Waals surface area contributed by atoms with E-state index in [-0.39, 0.29) is 34.0 Å². The summed E-state index contributed by atoms with van der Waals surface area (Å²) in [6, 6.07) is 9.01. The van der Waals surface area contributed by atoms with Crippen LogP contribution in [0.1, 0.15) is 25.7 Å². The van der Waals surface area contributed by atoms with E-state index >= 15 is 0 Å². The Morgan fingerprint density at radius 1 is 1.00 bits per heavy atom. The molecule has 2 fully saturated rings. The molecule has 2 aliphatic rings. The largest absolute Gasteiger partial charge is 0.495 e. The molecule has 2 saturated carbocycles. The molecule has 10 heteroatoms. The van der Waals surface area contributed by atoms with Gasteiger partial charge in [0.15, 0.2) is 11.5 Å². The second-order valence-corrected chi connectivity index (χ2v) is 11.0. The zero-order chi connectivity index (χ0) is 24.5. The van der Waals surface area contributed by atoms with Crippen molar-refractivity contribution in [2.24, 2.45) is 11.8 Å². The maximum absolute atomic E-state index is 13.8. The molecular weight excluding hydrogens is 480 g/mol. The number of amides is 1. The standard InChI is InChI=1S/C24H29ClN2O6S/c1-31-21-8-6-17(25)12-20(21)27(14-24(28)26-19-11-15-4-5-16(19)10-15)34(29,30)18-7-9-22(32-2)23(13-18)33-3/h6-9,12-13,15-16,19H,4-5,10-11,14H2,1-3H3,(H,26,28)/t15-,16-,19-/m0/s1. The average molecular weight is 509 g/mol. The Kier molecular flexibility index (Phi) is 7.14. The van der Waals surface area contributed by atoms with Crippen molar-refractivity contribution in [2.45, 2.75) is 36.6 Å². The first kappa shape index (κ1) is 24.5. The molecule has 34 heavy (non-hydrogen) atoms. The number of fused-ring (bicyclic) bond motifs is 2. The van der Waals surface area contributed by atoms with Crippen molar-refractivity contribution in [3.05, 3.63) is 41.4 Å². The number of sulfonamides is 1. The van der Waals surface area contributed by atoms with Crippen molar-refractivity contribution in [2.75, 3.05) is 32.2 Å². The van der Waals surface area contributed by atoms with Crippen molar-refractivity contribution < 1.29 is 27.4 Å². The van der Waals surface area contributed by atoms with Crippen LogP contribution in [0.15, 0.2) is 41.3 Å². The average Bonchev–Trinajstić information content (AvgIpc) is 3.45. The van der Waals surface area contributed by atoms with Gasteiger partial charge in [-0.05, 0) is 61.4 Å². The van der Waals surface area contributed by atoms with Crippen LogP contribution < -0.4 is 23.8 Å². The molecular formula is C24H29ClN2O6S. The second kappa shape index (κ2) is 9.92. The number of benzene rings is 2. The zero-order valence-electron chi connectivity index (χ0n) is 19.4. The van der Waals surface area contributed by atoms with E-state index in [0.29, 0.717) is 22.6 Å². The number of hydrogen-bond donors (Lipinski definition) is 1. The lowest BCUT2D eigenvalue weighted by molar-refractivity contribution is -0.120. The van der Waals surface area contributed by atoms with E-state index in [0.717, 1.165) is 23.6 Å². The van der Waals surface area contributed by atoms with E-state index in [1.165, 1.54) is 52.0 Å². The maximum Gasteiger partial charge on any atom is 0.265 e. The number of halogens is 1. The lowest BCUT2D eigenvalue weighted by Crippen LogP contribution is -2.46. The van der Waals surface area contributed by atoms with Crippen LogP contribution in [0.4, 0.5) is 5.69 Å².